The van der Waals surface area contributed by atoms with Gasteiger partial charge < -0.3 is 15.7 Å². The van der Waals surface area contributed by atoms with Gasteiger partial charge in [0.25, 0.3) is 0 Å². The van der Waals surface area contributed by atoms with Crippen molar-refractivity contribution in [1.82, 2.24) is 5.32 Å². The summed E-state index contributed by atoms with van der Waals surface area (Å²) >= 11 is 0. The molecular weight excluding hydrogens is 313 g/mol. The summed E-state index contributed by atoms with van der Waals surface area (Å²) in [5.41, 5.74) is -1.28. The molecule has 1 aromatic carbocycles. The van der Waals surface area contributed by atoms with Crippen molar-refractivity contribution in [3.63, 3.8) is 0 Å². The van der Waals surface area contributed by atoms with Crippen molar-refractivity contribution in [3.05, 3.63) is 23.8 Å². The van der Waals surface area contributed by atoms with E-state index in [9.17, 15) is 27.9 Å². The molecule has 0 spiro atoms. The SMILES string of the molecule is C[C@H]1C[C@@H]1C(=O)NCCC(=O)Nc1cc(C(F)(F)F)ccc1O. The summed E-state index contributed by atoms with van der Waals surface area (Å²) in [4.78, 5) is 23.3. The lowest BCUT2D eigenvalue weighted by atomic mass is 10.1. The summed E-state index contributed by atoms with van der Waals surface area (Å²) < 4.78 is 37.8. The number of aromatic hydroxyl groups is 1. The number of carbonyl (C=O) groups is 2. The molecule has 0 unspecified atom stereocenters. The van der Waals surface area contributed by atoms with Crippen molar-refractivity contribution < 1.29 is 27.9 Å². The van der Waals surface area contributed by atoms with Crippen molar-refractivity contribution in [1.29, 1.82) is 0 Å². The molecule has 2 rings (SSSR count). The Balaban J connectivity index is 1.86. The van der Waals surface area contributed by atoms with Gasteiger partial charge in [0.15, 0.2) is 0 Å². The number of alkyl halides is 3. The molecule has 0 aromatic heterocycles. The minimum Gasteiger partial charge on any atom is -0.506 e. The first-order valence-corrected chi connectivity index (χ1v) is 7.16. The smallest absolute Gasteiger partial charge is 0.416 e. The van der Waals surface area contributed by atoms with E-state index in [0.717, 1.165) is 18.6 Å². The molecule has 2 amide bonds. The van der Waals surface area contributed by atoms with Gasteiger partial charge >= 0.3 is 6.18 Å². The Bertz CT molecular complexity index is 616. The molecule has 3 N–H and O–H groups in total. The fourth-order valence-corrected chi connectivity index (χ4v) is 2.14. The van der Waals surface area contributed by atoms with Crippen molar-refractivity contribution in [2.24, 2.45) is 11.8 Å². The van der Waals surface area contributed by atoms with Crippen LogP contribution in [0.15, 0.2) is 18.2 Å². The Morgan fingerprint density at radius 3 is 2.57 bits per heavy atom. The third-order valence-corrected chi connectivity index (χ3v) is 3.70. The first-order chi connectivity index (χ1) is 10.7. The predicted molar refractivity (Wildman–Crippen MR) is 76.6 cm³/mol. The first kappa shape index (κ1) is 17.1. The highest BCUT2D eigenvalue weighted by molar-refractivity contribution is 5.92. The summed E-state index contributed by atoms with van der Waals surface area (Å²) in [6.07, 6.45) is -3.83. The van der Waals surface area contributed by atoms with Crippen LogP contribution in [-0.4, -0.2) is 23.5 Å². The zero-order valence-electron chi connectivity index (χ0n) is 12.4. The number of nitrogens with one attached hydrogen (secondary N) is 2. The quantitative estimate of drug-likeness (QED) is 0.726. The standard InChI is InChI=1S/C15H17F3N2O3/c1-8-6-10(8)14(23)19-5-4-13(22)20-11-7-9(15(16,17)18)2-3-12(11)21/h2-3,7-8,10,21H,4-6H2,1H3,(H,19,23)(H,20,22)/t8-,10-/m0/s1. The summed E-state index contributed by atoms with van der Waals surface area (Å²) in [5.74, 6) is -0.824. The highest BCUT2D eigenvalue weighted by atomic mass is 19.4. The minimum atomic E-state index is -4.57. The van der Waals surface area contributed by atoms with Gasteiger partial charge in [-0.15, -0.1) is 0 Å². The van der Waals surface area contributed by atoms with E-state index >= 15 is 0 Å². The molecule has 1 aromatic rings. The molecule has 1 saturated carbocycles. The number of phenols is 1. The molecule has 0 radical (unpaired) electrons. The zero-order chi connectivity index (χ0) is 17.2. The zero-order valence-corrected chi connectivity index (χ0v) is 12.4. The largest absolute Gasteiger partial charge is 0.506 e. The van der Waals surface area contributed by atoms with Crippen LogP contribution in [0.3, 0.4) is 0 Å². The van der Waals surface area contributed by atoms with Gasteiger partial charge in [0.05, 0.1) is 11.3 Å². The summed E-state index contributed by atoms with van der Waals surface area (Å²) in [7, 11) is 0. The molecule has 0 saturated heterocycles. The van der Waals surface area contributed by atoms with Crippen LogP contribution in [0.2, 0.25) is 0 Å². The van der Waals surface area contributed by atoms with Gasteiger partial charge in [0.1, 0.15) is 5.75 Å². The Morgan fingerprint density at radius 1 is 1.35 bits per heavy atom. The van der Waals surface area contributed by atoms with Crippen LogP contribution in [0.4, 0.5) is 18.9 Å². The van der Waals surface area contributed by atoms with Crippen LogP contribution in [-0.2, 0) is 15.8 Å². The molecule has 0 heterocycles. The molecule has 5 nitrogen and oxygen atoms in total. The van der Waals surface area contributed by atoms with Crippen LogP contribution < -0.4 is 10.6 Å². The second-order valence-electron chi connectivity index (χ2n) is 5.64. The molecule has 1 fully saturated rings. The van der Waals surface area contributed by atoms with Gasteiger partial charge in [0, 0.05) is 18.9 Å². The third-order valence-electron chi connectivity index (χ3n) is 3.70. The number of hydrogen-bond donors (Lipinski definition) is 3. The average molecular weight is 330 g/mol. The average Bonchev–Trinajstić information content (AvgIpc) is 3.17. The molecule has 126 valence electrons. The van der Waals surface area contributed by atoms with Gasteiger partial charge in [0.2, 0.25) is 11.8 Å². The number of benzene rings is 1. The van der Waals surface area contributed by atoms with Crippen molar-refractivity contribution in [3.8, 4) is 5.75 Å². The van der Waals surface area contributed by atoms with E-state index in [1.54, 1.807) is 0 Å². The lowest BCUT2D eigenvalue weighted by Gasteiger charge is -2.12. The van der Waals surface area contributed by atoms with E-state index in [-0.39, 0.29) is 30.5 Å². The normalized spacial score (nSPS) is 20.0. The molecule has 23 heavy (non-hydrogen) atoms. The highest BCUT2D eigenvalue weighted by Gasteiger charge is 2.38. The van der Waals surface area contributed by atoms with Gasteiger partial charge in [-0.1, -0.05) is 6.92 Å². The maximum atomic E-state index is 12.6. The van der Waals surface area contributed by atoms with Gasteiger partial charge in [-0.2, -0.15) is 13.2 Å². The van der Waals surface area contributed by atoms with Gasteiger partial charge in [-0.3, -0.25) is 9.59 Å². The van der Waals surface area contributed by atoms with E-state index in [1.165, 1.54) is 0 Å². The van der Waals surface area contributed by atoms with E-state index in [0.29, 0.717) is 12.0 Å². The predicted octanol–water partition coefficient (Wildman–Crippen LogP) is 2.51. The van der Waals surface area contributed by atoms with E-state index in [4.69, 9.17) is 0 Å². The summed E-state index contributed by atoms with van der Waals surface area (Å²) in [6.45, 7) is 2.04. The lowest BCUT2D eigenvalue weighted by molar-refractivity contribution is -0.137. The van der Waals surface area contributed by atoms with Crippen LogP contribution >= 0.6 is 0 Å². The summed E-state index contributed by atoms with van der Waals surface area (Å²) in [6, 6.07) is 2.26. The Labute approximate surface area is 130 Å². The number of rotatable bonds is 5. The molecule has 1 aliphatic carbocycles. The number of carbonyl (C=O) groups excluding carboxylic acids is 2. The maximum Gasteiger partial charge on any atom is 0.416 e. The Kier molecular flexibility index (Phi) is 4.82. The van der Waals surface area contributed by atoms with E-state index in [2.05, 4.69) is 10.6 Å². The topological polar surface area (TPSA) is 78.4 Å². The monoisotopic (exact) mass is 330 g/mol. The van der Waals surface area contributed by atoms with Gasteiger partial charge in [-0.05, 0) is 30.5 Å². The minimum absolute atomic E-state index is 0.00873. The first-order valence-electron chi connectivity index (χ1n) is 7.16. The van der Waals surface area contributed by atoms with Crippen LogP contribution in [0.1, 0.15) is 25.3 Å². The van der Waals surface area contributed by atoms with E-state index in [1.807, 2.05) is 6.92 Å². The number of hydrogen-bond acceptors (Lipinski definition) is 3. The number of halogens is 3. The van der Waals surface area contributed by atoms with Crippen molar-refractivity contribution in [2.45, 2.75) is 25.9 Å². The number of phenolic OH excluding ortho intramolecular Hbond substituents is 1. The fraction of sp³-hybridized carbons (Fsp3) is 0.467. The van der Waals surface area contributed by atoms with Crippen LogP contribution in [0.25, 0.3) is 0 Å². The summed E-state index contributed by atoms with van der Waals surface area (Å²) in [5, 5.41) is 14.3. The van der Waals surface area contributed by atoms with Crippen molar-refractivity contribution >= 4 is 17.5 Å². The Morgan fingerprint density at radius 2 is 2.00 bits per heavy atom. The maximum absolute atomic E-state index is 12.6. The van der Waals surface area contributed by atoms with Gasteiger partial charge in [-0.25, -0.2) is 0 Å². The third kappa shape index (κ3) is 4.61. The molecule has 0 bridgehead atoms. The number of anilines is 1. The Hall–Kier alpha value is -2.25. The van der Waals surface area contributed by atoms with Crippen molar-refractivity contribution in [2.75, 3.05) is 11.9 Å². The van der Waals surface area contributed by atoms with Crippen LogP contribution in [0.5, 0.6) is 5.75 Å². The fourth-order valence-electron chi connectivity index (χ4n) is 2.14. The highest BCUT2D eigenvalue weighted by Crippen LogP contribution is 2.37. The molecule has 0 aliphatic heterocycles. The van der Waals surface area contributed by atoms with Crippen LogP contribution in [0, 0.1) is 11.8 Å². The second-order valence-corrected chi connectivity index (χ2v) is 5.64. The number of amides is 2. The van der Waals surface area contributed by atoms with E-state index < -0.39 is 23.4 Å². The molecule has 1 aliphatic rings. The lowest BCUT2D eigenvalue weighted by Crippen LogP contribution is -2.29. The second kappa shape index (κ2) is 6.47. The molecule has 2 atom stereocenters. The molecule has 8 heteroatoms. The molecular formula is C15H17F3N2O3.